The third-order valence-corrected chi connectivity index (χ3v) is 3.17. The summed E-state index contributed by atoms with van der Waals surface area (Å²) in [7, 11) is 1.78. The molecule has 1 heterocycles. The molecule has 0 bridgehead atoms. The second-order valence-corrected chi connectivity index (χ2v) is 5.13. The Balaban J connectivity index is 2.22. The number of ether oxygens (including phenoxy) is 1. The van der Waals surface area contributed by atoms with Crippen LogP contribution in [-0.4, -0.2) is 22.2 Å². The summed E-state index contributed by atoms with van der Waals surface area (Å²) in [5.41, 5.74) is 1.43. The lowest BCUT2D eigenvalue weighted by Gasteiger charge is -2.07. The van der Waals surface area contributed by atoms with Crippen LogP contribution >= 0.6 is 15.9 Å². The van der Waals surface area contributed by atoms with Gasteiger partial charge in [-0.25, -0.2) is 0 Å². The Hall–Kier alpha value is -1.88. The summed E-state index contributed by atoms with van der Waals surface area (Å²) in [5.74, 6) is 0.673. The molecule has 2 rings (SSSR count). The van der Waals surface area contributed by atoms with Gasteiger partial charge in [0.2, 0.25) is 0 Å². The van der Waals surface area contributed by atoms with Crippen molar-refractivity contribution >= 4 is 27.8 Å². The summed E-state index contributed by atoms with van der Waals surface area (Å²) >= 11 is 3.41. The molecule has 0 unspecified atom stereocenters. The molecule has 0 spiro atoms. The number of carbonyl (C=O) groups is 1. The first kappa shape index (κ1) is 14.5. The second kappa shape index (κ2) is 6.52. The average Bonchev–Trinajstić information content (AvgIpc) is 2.85. The van der Waals surface area contributed by atoms with Gasteiger partial charge in [0, 0.05) is 23.3 Å². The number of allylic oxidation sites excluding steroid dienone is 1. The molecule has 0 saturated heterocycles. The predicted molar refractivity (Wildman–Crippen MR) is 81.9 cm³/mol. The summed E-state index contributed by atoms with van der Waals surface area (Å²) < 4.78 is 8.08. The fraction of sp³-hybridized carbons (Fsp3) is 0.200. The number of carbonyl (C=O) groups excluding carboxylic acids is 1. The Kier molecular flexibility index (Phi) is 4.74. The monoisotopic (exact) mass is 334 g/mol. The topological polar surface area (TPSA) is 44.1 Å². The molecule has 0 radical (unpaired) electrons. The smallest absolute Gasteiger partial charge is 0.189 e. The molecular weight excluding hydrogens is 320 g/mol. The minimum Gasteiger partial charge on any atom is -0.493 e. The molecule has 0 aliphatic heterocycles. The first-order valence-corrected chi connectivity index (χ1v) is 7.03. The molecule has 4 nitrogen and oxygen atoms in total. The molecule has 0 aliphatic carbocycles. The molecule has 104 valence electrons. The molecule has 0 fully saturated rings. The number of aryl methyl sites for hydroxylation is 1. The van der Waals surface area contributed by atoms with E-state index in [0.717, 1.165) is 15.8 Å². The van der Waals surface area contributed by atoms with Gasteiger partial charge in [-0.1, -0.05) is 15.9 Å². The first-order valence-electron chi connectivity index (χ1n) is 6.23. The lowest BCUT2D eigenvalue weighted by molar-refractivity contribution is 0.104. The predicted octanol–water partition coefficient (Wildman–Crippen LogP) is 3.48. The Morgan fingerprint density at radius 3 is 2.95 bits per heavy atom. The van der Waals surface area contributed by atoms with Crippen LogP contribution in [0.2, 0.25) is 0 Å². The zero-order valence-electron chi connectivity index (χ0n) is 11.3. The highest BCUT2D eigenvalue weighted by atomic mass is 79.9. The van der Waals surface area contributed by atoms with Gasteiger partial charge in [0.05, 0.1) is 18.4 Å². The largest absolute Gasteiger partial charge is 0.493 e. The van der Waals surface area contributed by atoms with Crippen LogP contribution < -0.4 is 4.74 Å². The van der Waals surface area contributed by atoms with E-state index in [1.54, 1.807) is 30.2 Å². The van der Waals surface area contributed by atoms with Crippen molar-refractivity contribution in [2.45, 2.75) is 6.92 Å². The van der Waals surface area contributed by atoms with E-state index in [0.29, 0.717) is 12.2 Å². The van der Waals surface area contributed by atoms with Crippen LogP contribution in [0.25, 0.3) is 6.08 Å². The highest BCUT2D eigenvalue weighted by Gasteiger charge is 2.05. The van der Waals surface area contributed by atoms with Crippen LogP contribution in [0.5, 0.6) is 5.75 Å². The standard InChI is InChI=1S/C15H15BrN2O2/c1-3-20-15-7-5-13(16)8-11(15)4-6-14(19)12-9-17-18(2)10-12/h4-10H,3H2,1-2H3/b6-4+. The summed E-state index contributed by atoms with van der Waals surface area (Å²) in [6.07, 6.45) is 6.53. The molecule has 0 aliphatic rings. The van der Waals surface area contributed by atoms with Gasteiger partial charge >= 0.3 is 0 Å². The fourth-order valence-corrected chi connectivity index (χ4v) is 2.13. The third kappa shape index (κ3) is 3.57. The van der Waals surface area contributed by atoms with E-state index < -0.39 is 0 Å². The molecule has 5 heteroatoms. The van der Waals surface area contributed by atoms with E-state index in [-0.39, 0.29) is 5.78 Å². The van der Waals surface area contributed by atoms with Crippen LogP contribution in [-0.2, 0) is 7.05 Å². The first-order chi connectivity index (χ1) is 9.60. The number of rotatable bonds is 5. The van der Waals surface area contributed by atoms with Crippen molar-refractivity contribution in [2.24, 2.45) is 7.05 Å². The van der Waals surface area contributed by atoms with Gasteiger partial charge < -0.3 is 4.74 Å². The minimum absolute atomic E-state index is 0.0828. The van der Waals surface area contributed by atoms with E-state index >= 15 is 0 Å². The number of hydrogen-bond acceptors (Lipinski definition) is 3. The van der Waals surface area contributed by atoms with Crippen molar-refractivity contribution in [3.05, 3.63) is 52.3 Å². The van der Waals surface area contributed by atoms with E-state index in [1.165, 1.54) is 6.08 Å². The second-order valence-electron chi connectivity index (χ2n) is 4.22. The summed E-state index contributed by atoms with van der Waals surface area (Å²) in [5, 5.41) is 3.98. The molecule has 2 aromatic rings. The maximum absolute atomic E-state index is 12.0. The molecule has 20 heavy (non-hydrogen) atoms. The number of halogens is 1. The quantitative estimate of drug-likeness (QED) is 0.621. The number of hydrogen-bond donors (Lipinski definition) is 0. The highest BCUT2D eigenvalue weighted by Crippen LogP contribution is 2.24. The van der Waals surface area contributed by atoms with E-state index in [9.17, 15) is 4.79 Å². The molecule has 1 aromatic carbocycles. The lowest BCUT2D eigenvalue weighted by atomic mass is 10.1. The minimum atomic E-state index is -0.0828. The van der Waals surface area contributed by atoms with Crippen molar-refractivity contribution in [1.82, 2.24) is 9.78 Å². The molecular formula is C15H15BrN2O2. The van der Waals surface area contributed by atoms with E-state index in [1.807, 2.05) is 25.1 Å². The molecule has 1 aromatic heterocycles. The van der Waals surface area contributed by atoms with Crippen molar-refractivity contribution in [1.29, 1.82) is 0 Å². The molecule has 0 N–H and O–H groups in total. The Morgan fingerprint density at radius 1 is 1.50 bits per heavy atom. The fourth-order valence-electron chi connectivity index (χ4n) is 1.75. The summed E-state index contributed by atoms with van der Waals surface area (Å²) in [6, 6.07) is 5.70. The zero-order chi connectivity index (χ0) is 14.5. The van der Waals surface area contributed by atoms with Gasteiger partial charge in [-0.3, -0.25) is 9.48 Å². The molecule has 0 saturated carbocycles. The van der Waals surface area contributed by atoms with Gasteiger partial charge in [-0.05, 0) is 37.3 Å². The lowest BCUT2D eigenvalue weighted by Crippen LogP contribution is -1.95. The van der Waals surface area contributed by atoms with Crippen LogP contribution in [0, 0.1) is 0 Å². The zero-order valence-corrected chi connectivity index (χ0v) is 12.9. The van der Waals surface area contributed by atoms with Gasteiger partial charge in [-0.2, -0.15) is 5.10 Å². The average molecular weight is 335 g/mol. The maximum atomic E-state index is 12.0. The van der Waals surface area contributed by atoms with Crippen LogP contribution in [0.15, 0.2) is 41.1 Å². The maximum Gasteiger partial charge on any atom is 0.189 e. The van der Waals surface area contributed by atoms with E-state index in [2.05, 4.69) is 21.0 Å². The van der Waals surface area contributed by atoms with E-state index in [4.69, 9.17) is 4.74 Å². The van der Waals surface area contributed by atoms with Gasteiger partial charge in [0.1, 0.15) is 5.75 Å². The van der Waals surface area contributed by atoms with Crippen molar-refractivity contribution in [3.8, 4) is 5.75 Å². The van der Waals surface area contributed by atoms with Crippen LogP contribution in [0.3, 0.4) is 0 Å². The van der Waals surface area contributed by atoms with Gasteiger partial charge in [0.15, 0.2) is 5.78 Å². The third-order valence-electron chi connectivity index (χ3n) is 2.68. The number of benzene rings is 1. The Morgan fingerprint density at radius 2 is 2.30 bits per heavy atom. The molecule has 0 amide bonds. The normalized spacial score (nSPS) is 10.9. The SMILES string of the molecule is CCOc1ccc(Br)cc1/C=C/C(=O)c1cnn(C)c1. The Labute approximate surface area is 126 Å². The van der Waals surface area contributed by atoms with Crippen molar-refractivity contribution < 1.29 is 9.53 Å². The van der Waals surface area contributed by atoms with Gasteiger partial charge in [0.25, 0.3) is 0 Å². The van der Waals surface area contributed by atoms with Crippen molar-refractivity contribution in [2.75, 3.05) is 6.61 Å². The Bertz CT molecular complexity index is 647. The number of nitrogens with zero attached hydrogens (tertiary/aromatic N) is 2. The molecule has 0 atom stereocenters. The van der Waals surface area contributed by atoms with Crippen LogP contribution in [0.1, 0.15) is 22.8 Å². The van der Waals surface area contributed by atoms with Crippen LogP contribution in [0.4, 0.5) is 0 Å². The summed E-state index contributed by atoms with van der Waals surface area (Å²) in [6.45, 7) is 2.51. The van der Waals surface area contributed by atoms with Crippen molar-refractivity contribution in [3.63, 3.8) is 0 Å². The number of ketones is 1. The highest BCUT2D eigenvalue weighted by molar-refractivity contribution is 9.10. The number of aromatic nitrogens is 2. The summed E-state index contributed by atoms with van der Waals surface area (Å²) in [4.78, 5) is 12.0. The van der Waals surface area contributed by atoms with Gasteiger partial charge in [-0.15, -0.1) is 0 Å².